The Labute approximate surface area is 142 Å². The van der Waals surface area contributed by atoms with Crippen molar-refractivity contribution in [1.82, 2.24) is 14.7 Å². The highest BCUT2D eigenvalue weighted by Gasteiger charge is 2.33. The van der Waals surface area contributed by atoms with Crippen molar-refractivity contribution in [2.75, 3.05) is 29.9 Å². The molecule has 1 unspecified atom stereocenters. The van der Waals surface area contributed by atoms with Crippen LogP contribution in [0.5, 0.6) is 0 Å². The summed E-state index contributed by atoms with van der Waals surface area (Å²) >= 11 is 0. The Balaban J connectivity index is 1.71. The third-order valence-corrected chi connectivity index (χ3v) is 5.91. The van der Waals surface area contributed by atoms with E-state index in [1.165, 1.54) is 6.33 Å². The van der Waals surface area contributed by atoms with Gasteiger partial charge in [-0.25, -0.2) is 23.1 Å². The van der Waals surface area contributed by atoms with E-state index in [-0.39, 0.29) is 0 Å². The minimum absolute atomic E-state index is 0.405. The molecule has 1 aliphatic rings. The Morgan fingerprint density at radius 3 is 2.79 bits per heavy atom. The third-order valence-electron chi connectivity index (χ3n) is 3.95. The number of hydrogen-bond donors (Lipinski definition) is 2. The van der Waals surface area contributed by atoms with Gasteiger partial charge >= 0.3 is 0 Å². The van der Waals surface area contributed by atoms with Gasteiger partial charge in [-0.05, 0) is 18.6 Å². The first-order valence-corrected chi connectivity index (χ1v) is 9.50. The monoisotopic (exact) mass is 347 g/mol. The van der Waals surface area contributed by atoms with Gasteiger partial charge in [-0.3, -0.25) is 0 Å². The molecule has 8 heteroatoms. The normalized spacial score (nSPS) is 17.9. The Bertz CT molecular complexity index is 782. The molecule has 2 N–H and O–H groups in total. The predicted octanol–water partition coefficient (Wildman–Crippen LogP) is 1.74. The van der Waals surface area contributed by atoms with Crippen molar-refractivity contribution < 1.29 is 8.42 Å². The standard InChI is InChI=1S/C16H21N5O2S/c1-2-19-24(22,23)14-8-9-21(11-14)16-10-15(17-12-18-16)20-13-6-4-3-5-7-13/h3-7,10,12,14,19H,2,8-9,11H2,1H3,(H,17,18,20). The molecule has 0 spiro atoms. The molecule has 1 atom stereocenters. The quantitative estimate of drug-likeness (QED) is 0.828. The second kappa shape index (κ2) is 7.14. The molecule has 1 aromatic carbocycles. The van der Waals surface area contributed by atoms with Gasteiger partial charge in [-0.2, -0.15) is 0 Å². The molecule has 1 fully saturated rings. The van der Waals surface area contributed by atoms with E-state index in [9.17, 15) is 8.42 Å². The fourth-order valence-electron chi connectivity index (χ4n) is 2.77. The molecule has 7 nitrogen and oxygen atoms in total. The van der Waals surface area contributed by atoms with Crippen molar-refractivity contribution in [1.29, 1.82) is 0 Å². The van der Waals surface area contributed by atoms with Crippen LogP contribution in [0, 0.1) is 0 Å². The summed E-state index contributed by atoms with van der Waals surface area (Å²) < 4.78 is 26.9. The average Bonchev–Trinajstić information content (AvgIpc) is 3.07. The average molecular weight is 347 g/mol. The summed E-state index contributed by atoms with van der Waals surface area (Å²) in [7, 11) is -3.26. The lowest BCUT2D eigenvalue weighted by Crippen LogP contribution is -2.36. The van der Waals surface area contributed by atoms with E-state index in [1.54, 1.807) is 6.92 Å². The van der Waals surface area contributed by atoms with Gasteiger partial charge in [0.1, 0.15) is 18.0 Å². The first-order chi connectivity index (χ1) is 11.6. The lowest BCUT2D eigenvalue weighted by atomic mass is 10.3. The molecule has 0 bridgehead atoms. The van der Waals surface area contributed by atoms with Gasteiger partial charge in [-0.1, -0.05) is 25.1 Å². The lowest BCUT2D eigenvalue weighted by molar-refractivity contribution is 0.571. The summed E-state index contributed by atoms with van der Waals surface area (Å²) in [5.74, 6) is 1.42. The summed E-state index contributed by atoms with van der Waals surface area (Å²) in [5.41, 5.74) is 0.941. The lowest BCUT2D eigenvalue weighted by Gasteiger charge is -2.18. The minimum Gasteiger partial charge on any atom is -0.355 e. The van der Waals surface area contributed by atoms with Crippen LogP contribution < -0.4 is 14.9 Å². The van der Waals surface area contributed by atoms with Crippen LogP contribution in [0.4, 0.5) is 17.3 Å². The van der Waals surface area contributed by atoms with Crippen molar-refractivity contribution in [3.8, 4) is 0 Å². The van der Waals surface area contributed by atoms with Gasteiger partial charge in [0, 0.05) is 31.4 Å². The zero-order valence-corrected chi connectivity index (χ0v) is 14.3. The number of para-hydroxylation sites is 1. The minimum atomic E-state index is -3.26. The summed E-state index contributed by atoms with van der Waals surface area (Å²) in [5, 5.41) is 2.82. The molecule has 0 saturated carbocycles. The van der Waals surface area contributed by atoms with Crippen LogP contribution in [0.2, 0.25) is 0 Å². The molecule has 1 saturated heterocycles. The molecule has 2 aromatic rings. The van der Waals surface area contributed by atoms with E-state index in [4.69, 9.17) is 0 Å². The maximum Gasteiger partial charge on any atom is 0.216 e. The maximum absolute atomic E-state index is 12.1. The van der Waals surface area contributed by atoms with E-state index in [1.807, 2.05) is 41.3 Å². The van der Waals surface area contributed by atoms with Crippen LogP contribution >= 0.6 is 0 Å². The number of anilines is 3. The molecule has 0 aliphatic carbocycles. The topological polar surface area (TPSA) is 87.2 Å². The number of nitrogens with zero attached hydrogens (tertiary/aromatic N) is 3. The fourth-order valence-corrected chi connectivity index (χ4v) is 4.20. The Morgan fingerprint density at radius 1 is 1.25 bits per heavy atom. The molecule has 3 rings (SSSR count). The van der Waals surface area contributed by atoms with Crippen molar-refractivity contribution in [3.05, 3.63) is 42.7 Å². The second-order valence-corrected chi connectivity index (χ2v) is 7.70. The molecule has 0 radical (unpaired) electrons. The van der Waals surface area contributed by atoms with Crippen LogP contribution in [0.25, 0.3) is 0 Å². The number of rotatable bonds is 6. The van der Waals surface area contributed by atoms with Crippen molar-refractivity contribution in [2.45, 2.75) is 18.6 Å². The second-order valence-electron chi connectivity index (χ2n) is 5.65. The number of nitrogens with one attached hydrogen (secondary N) is 2. The van der Waals surface area contributed by atoms with E-state index in [0.717, 1.165) is 11.5 Å². The number of hydrogen-bond acceptors (Lipinski definition) is 6. The SMILES string of the molecule is CCNS(=O)(=O)C1CCN(c2cc(Nc3ccccc3)ncn2)C1. The molecule has 2 heterocycles. The Kier molecular flexibility index (Phi) is 4.96. The molecule has 128 valence electrons. The highest BCUT2D eigenvalue weighted by atomic mass is 32.2. The van der Waals surface area contributed by atoms with Gasteiger partial charge < -0.3 is 10.2 Å². The van der Waals surface area contributed by atoms with Gasteiger partial charge in [0.2, 0.25) is 10.0 Å². The van der Waals surface area contributed by atoms with Crippen molar-refractivity contribution in [2.24, 2.45) is 0 Å². The first-order valence-electron chi connectivity index (χ1n) is 7.96. The predicted molar refractivity (Wildman–Crippen MR) is 95.0 cm³/mol. The highest BCUT2D eigenvalue weighted by molar-refractivity contribution is 7.90. The maximum atomic E-state index is 12.1. The summed E-state index contributed by atoms with van der Waals surface area (Å²) in [4.78, 5) is 10.5. The zero-order chi connectivity index (χ0) is 17.0. The van der Waals surface area contributed by atoms with Gasteiger partial charge in [-0.15, -0.1) is 0 Å². The molecule has 1 aromatic heterocycles. The summed E-state index contributed by atoms with van der Waals surface area (Å²) in [6.07, 6.45) is 2.09. The van der Waals surface area contributed by atoms with Crippen LogP contribution in [0.15, 0.2) is 42.7 Å². The van der Waals surface area contributed by atoms with E-state index < -0.39 is 15.3 Å². The van der Waals surface area contributed by atoms with Crippen LogP contribution in [0.1, 0.15) is 13.3 Å². The van der Waals surface area contributed by atoms with Gasteiger partial charge in [0.25, 0.3) is 0 Å². The Morgan fingerprint density at radius 2 is 2.04 bits per heavy atom. The fraction of sp³-hybridized carbons (Fsp3) is 0.375. The largest absolute Gasteiger partial charge is 0.355 e. The summed E-state index contributed by atoms with van der Waals surface area (Å²) in [6, 6.07) is 11.6. The highest BCUT2D eigenvalue weighted by Crippen LogP contribution is 2.24. The third kappa shape index (κ3) is 3.82. The van der Waals surface area contributed by atoms with Crippen molar-refractivity contribution >= 4 is 27.3 Å². The van der Waals surface area contributed by atoms with Crippen LogP contribution in [0.3, 0.4) is 0 Å². The first kappa shape index (κ1) is 16.7. The number of aromatic nitrogens is 2. The van der Waals surface area contributed by atoms with Gasteiger partial charge in [0.05, 0.1) is 5.25 Å². The van der Waals surface area contributed by atoms with E-state index in [0.29, 0.717) is 31.9 Å². The smallest absolute Gasteiger partial charge is 0.216 e. The van der Waals surface area contributed by atoms with Crippen LogP contribution in [-0.4, -0.2) is 43.3 Å². The van der Waals surface area contributed by atoms with E-state index in [2.05, 4.69) is 20.0 Å². The van der Waals surface area contributed by atoms with Crippen molar-refractivity contribution in [3.63, 3.8) is 0 Å². The molecular weight excluding hydrogens is 326 g/mol. The van der Waals surface area contributed by atoms with E-state index >= 15 is 0 Å². The number of sulfonamides is 1. The Hall–Kier alpha value is -2.19. The number of benzene rings is 1. The summed E-state index contributed by atoms with van der Waals surface area (Å²) in [6.45, 7) is 3.31. The molecule has 24 heavy (non-hydrogen) atoms. The van der Waals surface area contributed by atoms with Crippen LogP contribution in [-0.2, 0) is 10.0 Å². The zero-order valence-electron chi connectivity index (χ0n) is 13.5. The molecule has 1 aliphatic heterocycles. The molecular formula is C16H21N5O2S. The van der Waals surface area contributed by atoms with Gasteiger partial charge in [0.15, 0.2) is 0 Å². The molecule has 0 amide bonds.